The normalized spacial score (nSPS) is 24.2. The zero-order chi connectivity index (χ0) is 39.4. The Hall–Kier alpha value is -4.40. The van der Waals surface area contributed by atoms with Crippen molar-refractivity contribution >= 4 is 55.2 Å². The molecular formula is C34H34N8O6S4. The third-order valence-corrected chi connectivity index (χ3v) is 14.4. The SMILES string of the molecule is [H]/N=N/C1=C(N)c2ccccc2C(c2ccc(-c3ccc(C4(S(=O)(=O)O)c5ccccc5C(N)=C(/N=N/[H])C4N)c(SC)c3)cc2SC)(S(=O)(=O)O)C1N. The molecule has 4 atom stereocenters. The van der Waals surface area contributed by atoms with Gasteiger partial charge < -0.3 is 22.9 Å². The molecule has 0 saturated heterocycles. The fraction of sp³-hybridized carbons (Fsp3) is 0.176. The van der Waals surface area contributed by atoms with E-state index in [4.69, 9.17) is 25.8 Å². The number of hydrogen-bond donors (Lipinski definition) is 8. The summed E-state index contributed by atoms with van der Waals surface area (Å²) in [6.07, 6.45) is 3.43. The van der Waals surface area contributed by atoms with Crippen molar-refractivity contribution in [2.45, 2.75) is 31.4 Å². The maximum atomic E-state index is 13.7. The summed E-state index contributed by atoms with van der Waals surface area (Å²) >= 11 is 2.37. The number of nitrogens with two attached hydrogens (primary N) is 4. The van der Waals surface area contributed by atoms with E-state index in [1.54, 1.807) is 73.2 Å². The van der Waals surface area contributed by atoms with Crippen molar-refractivity contribution in [3.05, 3.63) is 130 Å². The van der Waals surface area contributed by atoms with Crippen LogP contribution in [0.5, 0.6) is 0 Å². The molecule has 0 spiro atoms. The molecule has 0 bridgehead atoms. The van der Waals surface area contributed by atoms with Crippen LogP contribution in [0.1, 0.15) is 33.4 Å². The van der Waals surface area contributed by atoms with Gasteiger partial charge in [0.1, 0.15) is 11.4 Å². The average molecular weight is 779 g/mol. The monoisotopic (exact) mass is 778 g/mol. The van der Waals surface area contributed by atoms with E-state index in [2.05, 4.69) is 21.3 Å². The lowest BCUT2D eigenvalue weighted by Gasteiger charge is -2.42. The zero-order valence-electron chi connectivity index (χ0n) is 29.5. The predicted octanol–water partition coefficient (Wildman–Crippen LogP) is 5.06. The van der Waals surface area contributed by atoms with E-state index in [-0.39, 0.29) is 56.2 Å². The van der Waals surface area contributed by atoms with Gasteiger partial charge in [0.05, 0.1) is 23.5 Å². The summed E-state index contributed by atoms with van der Waals surface area (Å²) in [5.41, 5.74) is 33.9. The Bertz CT molecular complexity index is 2380. The summed E-state index contributed by atoms with van der Waals surface area (Å²) in [5, 5.41) is 7.53. The number of hydrogen-bond acceptors (Lipinski definition) is 14. The van der Waals surface area contributed by atoms with Gasteiger partial charge in [-0.05, 0) is 58.0 Å². The topological polar surface area (TPSA) is 285 Å². The fourth-order valence-electron chi connectivity index (χ4n) is 7.50. The Labute approximate surface area is 311 Å². The second-order valence-corrected chi connectivity index (χ2v) is 17.0. The van der Waals surface area contributed by atoms with Crippen LogP contribution >= 0.6 is 23.5 Å². The van der Waals surface area contributed by atoms with Gasteiger partial charge in [-0.25, -0.2) is 11.0 Å². The molecule has 4 aromatic carbocycles. The van der Waals surface area contributed by atoms with Crippen LogP contribution in [0.2, 0.25) is 2.82 Å². The Balaban J connectivity index is 1.59. The maximum Gasteiger partial charge on any atom is 0.281 e. The molecule has 14 nitrogen and oxygen atoms in total. The Morgan fingerprint density at radius 3 is 1.35 bits per heavy atom. The van der Waals surface area contributed by atoms with E-state index < -0.39 is 41.8 Å². The first kappa shape index (κ1) is 34.7. The van der Waals surface area contributed by atoms with Crippen LogP contribution in [-0.4, -0.2) is 50.5 Å². The van der Waals surface area contributed by atoms with Crippen molar-refractivity contribution in [1.82, 2.24) is 0 Å². The van der Waals surface area contributed by atoms with Crippen LogP contribution in [0.3, 0.4) is 0 Å². The number of nitrogens with one attached hydrogen (secondary N) is 2. The first-order chi connectivity index (χ1) is 25.6. The molecule has 0 aromatic heterocycles. The molecule has 0 saturated carbocycles. The van der Waals surface area contributed by atoms with Gasteiger partial charge >= 0.3 is 0 Å². The third kappa shape index (κ3) is 5.08. The van der Waals surface area contributed by atoms with Gasteiger partial charge in [0, 0.05) is 20.9 Å². The third-order valence-electron chi connectivity index (χ3n) is 9.82. The Kier molecular flexibility index (Phi) is 8.82. The van der Waals surface area contributed by atoms with Crippen molar-refractivity contribution in [2.24, 2.45) is 33.2 Å². The van der Waals surface area contributed by atoms with Crippen molar-refractivity contribution < 1.29 is 28.8 Å². The molecular weight excluding hydrogens is 745 g/mol. The van der Waals surface area contributed by atoms with Crippen LogP contribution in [0.4, 0.5) is 0 Å². The van der Waals surface area contributed by atoms with Crippen LogP contribution in [0.15, 0.2) is 116 Å². The molecule has 0 aliphatic heterocycles. The summed E-state index contributed by atoms with van der Waals surface area (Å²) in [5.74, 6) is 0. The molecule has 4 aromatic rings. The molecule has 2 aliphatic rings. The number of thioether (sulfide) groups is 2. The molecule has 12 N–H and O–H groups in total. The van der Waals surface area contributed by atoms with Crippen molar-refractivity contribution in [3.63, 3.8) is 0 Å². The molecule has 52 heavy (non-hydrogen) atoms. The van der Waals surface area contributed by atoms with Gasteiger partial charge in [-0.3, -0.25) is 9.11 Å². The van der Waals surface area contributed by atoms with E-state index in [1.165, 1.54) is 47.8 Å². The lowest BCUT2D eigenvalue weighted by molar-refractivity contribution is 0.420. The second-order valence-electron chi connectivity index (χ2n) is 12.1. The number of rotatable bonds is 9. The quantitative estimate of drug-likeness (QED) is 0.0629. The van der Waals surface area contributed by atoms with E-state index in [9.17, 15) is 25.9 Å². The van der Waals surface area contributed by atoms with Crippen LogP contribution in [-0.2, 0) is 29.7 Å². The summed E-state index contributed by atoms with van der Waals surface area (Å²) in [6, 6.07) is 19.1. The summed E-state index contributed by atoms with van der Waals surface area (Å²) in [4.78, 5) is 0.799. The van der Waals surface area contributed by atoms with Crippen molar-refractivity contribution in [2.75, 3.05) is 12.5 Å². The smallest absolute Gasteiger partial charge is 0.281 e. The van der Waals surface area contributed by atoms with Gasteiger partial charge in [-0.1, -0.05) is 72.8 Å². The summed E-state index contributed by atoms with van der Waals surface area (Å²) < 4.78 is 87.1. The molecule has 270 valence electrons. The first-order valence-corrected chi connectivity index (χ1v) is 20.6. The number of benzene rings is 4. The van der Waals surface area contributed by atoms with Gasteiger partial charge in [0.15, 0.2) is 9.49 Å². The van der Waals surface area contributed by atoms with Crippen molar-refractivity contribution in [3.8, 4) is 11.1 Å². The number of fused-ring (bicyclic) bond motifs is 2. The molecule has 0 fully saturated rings. The summed E-state index contributed by atoms with van der Waals surface area (Å²) in [6.45, 7) is 0. The Morgan fingerprint density at radius 1 is 0.654 bits per heavy atom. The molecule has 0 heterocycles. The van der Waals surface area contributed by atoms with Gasteiger partial charge in [-0.2, -0.15) is 27.1 Å². The largest absolute Gasteiger partial charge is 0.397 e. The van der Waals surface area contributed by atoms with E-state index in [0.29, 0.717) is 20.9 Å². The highest BCUT2D eigenvalue weighted by Gasteiger charge is 2.59. The van der Waals surface area contributed by atoms with Crippen LogP contribution in [0.25, 0.3) is 22.5 Å². The minimum Gasteiger partial charge on any atom is -0.397 e. The van der Waals surface area contributed by atoms with Crippen LogP contribution in [0, 0.1) is 11.0 Å². The standard InChI is InChI=1S/C34H34N8O6S4/c1-49-25-15-17(11-13-23(25)33(51(43,44)45)21-9-5-3-7-19(21)27(35)29(41-39)31(33)37)18-12-14-24(26(16-18)50-2)34(52(46,47)48)22-10-6-4-8-20(22)28(36)30(42-40)32(34)38/h3-16,31-32,39-40H,35-38H2,1-2H3,(H,43,44,45)(H,46,47,48)/b41-39+,42-40+. The lowest BCUT2D eigenvalue weighted by atomic mass is 9.75. The van der Waals surface area contributed by atoms with Crippen LogP contribution < -0.4 is 22.9 Å². The molecule has 0 radical (unpaired) electrons. The van der Waals surface area contributed by atoms with Gasteiger partial charge in [-0.15, -0.1) is 23.5 Å². The maximum absolute atomic E-state index is 13.7. The average Bonchev–Trinajstić information content (AvgIpc) is 3.14. The van der Waals surface area contributed by atoms with E-state index in [1.807, 2.05) is 0 Å². The van der Waals surface area contributed by atoms with E-state index >= 15 is 0 Å². The summed E-state index contributed by atoms with van der Waals surface area (Å²) in [7, 11) is -10.2. The minimum absolute atomic E-state index is 0.0106. The second kappa shape index (κ2) is 13.2. The predicted molar refractivity (Wildman–Crippen MR) is 201 cm³/mol. The highest BCUT2D eigenvalue weighted by Crippen LogP contribution is 2.53. The molecule has 4 unspecified atom stereocenters. The highest BCUT2D eigenvalue weighted by molar-refractivity contribution is 7.99. The van der Waals surface area contributed by atoms with Gasteiger partial charge in [0.25, 0.3) is 20.2 Å². The fourth-order valence-corrected chi connectivity index (χ4v) is 11.7. The Morgan fingerprint density at radius 2 is 1.02 bits per heavy atom. The van der Waals surface area contributed by atoms with Crippen molar-refractivity contribution in [1.29, 1.82) is 11.0 Å². The lowest BCUT2D eigenvalue weighted by Crippen LogP contribution is -2.55. The molecule has 18 heteroatoms. The molecule has 6 rings (SSSR count). The zero-order valence-corrected chi connectivity index (χ0v) is 30.8. The minimum atomic E-state index is -5.11. The molecule has 0 amide bonds. The van der Waals surface area contributed by atoms with E-state index in [0.717, 1.165) is 0 Å². The highest BCUT2D eigenvalue weighted by atomic mass is 32.2. The number of nitrogens with zero attached hydrogens (tertiary/aromatic N) is 2. The molecule has 2 aliphatic carbocycles. The first-order valence-electron chi connectivity index (χ1n) is 16.2. The van der Waals surface area contributed by atoms with Gasteiger partial charge in [0.2, 0.25) is 2.82 Å².